The van der Waals surface area contributed by atoms with Crippen molar-refractivity contribution in [3.8, 4) is 0 Å². The Kier molecular flexibility index (Phi) is 5.32. The van der Waals surface area contributed by atoms with Crippen LogP contribution in [0.25, 0.3) is 0 Å². The second kappa shape index (κ2) is 6.76. The van der Waals surface area contributed by atoms with Crippen LogP contribution in [0.1, 0.15) is 25.3 Å². The minimum atomic E-state index is -0.531. The van der Waals surface area contributed by atoms with Crippen molar-refractivity contribution < 1.29 is 9.59 Å². The zero-order valence-corrected chi connectivity index (χ0v) is 10.5. The first-order chi connectivity index (χ1) is 8.54. The molecule has 1 atom stereocenters. The number of nitrogens with two attached hydrogens (primary N) is 2. The fraction of sp³-hybridized carbons (Fsp3) is 0.385. The van der Waals surface area contributed by atoms with Gasteiger partial charge in [0.05, 0.1) is 12.5 Å². The molecule has 0 aliphatic rings. The lowest BCUT2D eigenvalue weighted by Gasteiger charge is -2.13. The lowest BCUT2D eigenvalue weighted by Crippen LogP contribution is -2.35. The van der Waals surface area contributed by atoms with Crippen molar-refractivity contribution >= 4 is 17.5 Å². The molecule has 0 unspecified atom stereocenters. The summed E-state index contributed by atoms with van der Waals surface area (Å²) in [6, 6.07) is 6.53. The molecule has 1 aromatic rings. The number of carbonyl (C=O) groups is 2. The second-order valence-electron chi connectivity index (χ2n) is 4.18. The Morgan fingerprint density at radius 2 is 2.00 bits per heavy atom. The van der Waals surface area contributed by atoms with Crippen LogP contribution in [0.5, 0.6) is 0 Å². The molecule has 98 valence electrons. The Balaban J connectivity index is 2.77. The predicted molar refractivity (Wildman–Crippen MR) is 70.9 cm³/mol. The van der Waals surface area contributed by atoms with E-state index in [-0.39, 0.29) is 12.3 Å². The molecule has 0 heterocycles. The summed E-state index contributed by atoms with van der Waals surface area (Å²) in [6.45, 7) is 1.97. The lowest BCUT2D eigenvalue weighted by molar-refractivity contribution is -0.118. The number of anilines is 1. The Labute approximate surface area is 107 Å². The van der Waals surface area contributed by atoms with Gasteiger partial charge in [-0.15, -0.1) is 0 Å². The molecule has 0 spiro atoms. The normalized spacial score (nSPS) is 11.9. The molecule has 18 heavy (non-hydrogen) atoms. The van der Waals surface area contributed by atoms with Crippen LogP contribution in [-0.2, 0) is 16.0 Å². The van der Waals surface area contributed by atoms with Gasteiger partial charge in [0.15, 0.2) is 0 Å². The molecule has 0 bridgehead atoms. The van der Waals surface area contributed by atoms with Gasteiger partial charge in [-0.1, -0.05) is 31.5 Å². The van der Waals surface area contributed by atoms with E-state index in [0.717, 1.165) is 6.42 Å². The average Bonchev–Trinajstić information content (AvgIpc) is 2.31. The van der Waals surface area contributed by atoms with E-state index >= 15 is 0 Å². The average molecular weight is 249 g/mol. The highest BCUT2D eigenvalue weighted by molar-refractivity contribution is 5.95. The van der Waals surface area contributed by atoms with Crippen molar-refractivity contribution in [1.82, 2.24) is 0 Å². The highest BCUT2D eigenvalue weighted by atomic mass is 16.2. The van der Waals surface area contributed by atoms with Crippen LogP contribution >= 0.6 is 0 Å². The van der Waals surface area contributed by atoms with E-state index in [1.807, 2.05) is 6.92 Å². The van der Waals surface area contributed by atoms with Gasteiger partial charge in [0, 0.05) is 5.69 Å². The number of rotatable bonds is 6. The first-order valence-corrected chi connectivity index (χ1v) is 5.97. The predicted octanol–water partition coefficient (Wildman–Crippen LogP) is 0.780. The third kappa shape index (κ3) is 4.18. The Bertz CT molecular complexity index is 432. The first kappa shape index (κ1) is 14.2. The fourth-order valence-electron chi connectivity index (χ4n) is 1.65. The molecule has 5 heteroatoms. The van der Waals surface area contributed by atoms with Crippen molar-refractivity contribution in [2.24, 2.45) is 11.5 Å². The van der Waals surface area contributed by atoms with Gasteiger partial charge in [0.1, 0.15) is 0 Å². The van der Waals surface area contributed by atoms with Crippen molar-refractivity contribution in [3.63, 3.8) is 0 Å². The summed E-state index contributed by atoms with van der Waals surface area (Å²) in [5.41, 5.74) is 12.2. The van der Waals surface area contributed by atoms with Crippen LogP contribution in [0.2, 0.25) is 0 Å². The zero-order valence-electron chi connectivity index (χ0n) is 10.5. The Hall–Kier alpha value is -1.88. The van der Waals surface area contributed by atoms with Crippen LogP contribution in [0.3, 0.4) is 0 Å². The molecule has 1 rings (SSSR count). The maximum absolute atomic E-state index is 11.8. The lowest BCUT2D eigenvalue weighted by atomic mass is 10.1. The van der Waals surface area contributed by atoms with Crippen molar-refractivity contribution in [3.05, 3.63) is 29.8 Å². The molecular formula is C13H19N3O2. The van der Waals surface area contributed by atoms with E-state index in [0.29, 0.717) is 17.7 Å². The molecule has 5 nitrogen and oxygen atoms in total. The monoisotopic (exact) mass is 249 g/mol. The summed E-state index contributed by atoms with van der Waals surface area (Å²) in [5, 5.41) is 2.73. The van der Waals surface area contributed by atoms with Crippen LogP contribution in [0, 0.1) is 0 Å². The second-order valence-corrected chi connectivity index (χ2v) is 4.18. The third-order valence-corrected chi connectivity index (χ3v) is 2.58. The molecule has 0 aliphatic carbocycles. The van der Waals surface area contributed by atoms with Gasteiger partial charge < -0.3 is 16.8 Å². The van der Waals surface area contributed by atoms with E-state index in [2.05, 4.69) is 5.32 Å². The van der Waals surface area contributed by atoms with Crippen molar-refractivity contribution in [2.45, 2.75) is 32.2 Å². The number of primary amides is 1. The van der Waals surface area contributed by atoms with Gasteiger partial charge in [-0.05, 0) is 18.1 Å². The first-order valence-electron chi connectivity index (χ1n) is 5.97. The van der Waals surface area contributed by atoms with Crippen LogP contribution in [0.15, 0.2) is 24.3 Å². The number of hydrogen-bond donors (Lipinski definition) is 3. The number of hydrogen-bond acceptors (Lipinski definition) is 3. The van der Waals surface area contributed by atoms with Crippen LogP contribution in [0.4, 0.5) is 5.69 Å². The van der Waals surface area contributed by atoms with E-state index in [4.69, 9.17) is 11.5 Å². The molecule has 0 fully saturated rings. The minimum absolute atomic E-state index is 0.0967. The Morgan fingerprint density at radius 1 is 1.33 bits per heavy atom. The third-order valence-electron chi connectivity index (χ3n) is 2.58. The van der Waals surface area contributed by atoms with Gasteiger partial charge in [-0.3, -0.25) is 9.59 Å². The van der Waals surface area contributed by atoms with Crippen LogP contribution < -0.4 is 16.8 Å². The summed E-state index contributed by atoms with van der Waals surface area (Å²) in [7, 11) is 0. The molecule has 1 aromatic carbocycles. The quantitative estimate of drug-likeness (QED) is 0.694. The standard InChI is InChI=1S/C13H19N3O2/c1-2-5-10(14)13(18)16-11-7-4-3-6-9(11)8-12(15)17/h3-4,6-7,10H,2,5,8,14H2,1H3,(H2,15,17)(H,16,18)/t10-/m0/s1. The summed E-state index contributed by atoms with van der Waals surface area (Å²) < 4.78 is 0. The Morgan fingerprint density at radius 3 is 2.61 bits per heavy atom. The molecule has 5 N–H and O–H groups in total. The molecule has 0 saturated heterocycles. The topological polar surface area (TPSA) is 98.2 Å². The molecule has 2 amide bonds. The highest BCUT2D eigenvalue weighted by Crippen LogP contribution is 2.16. The summed E-state index contributed by atoms with van der Waals surface area (Å²) >= 11 is 0. The van der Waals surface area contributed by atoms with E-state index in [1.54, 1.807) is 24.3 Å². The van der Waals surface area contributed by atoms with Crippen LogP contribution in [-0.4, -0.2) is 17.9 Å². The van der Waals surface area contributed by atoms with Gasteiger partial charge in [0.2, 0.25) is 11.8 Å². The minimum Gasteiger partial charge on any atom is -0.369 e. The SMILES string of the molecule is CCC[C@H](N)C(=O)Nc1ccccc1CC(N)=O. The number of benzene rings is 1. The number of nitrogens with one attached hydrogen (secondary N) is 1. The summed E-state index contributed by atoms with van der Waals surface area (Å²) in [6.07, 6.45) is 1.57. The smallest absolute Gasteiger partial charge is 0.241 e. The molecule has 0 saturated carbocycles. The summed E-state index contributed by atoms with van der Waals surface area (Å²) in [5.74, 6) is -0.677. The van der Waals surface area contributed by atoms with E-state index in [9.17, 15) is 9.59 Å². The van der Waals surface area contributed by atoms with Crippen molar-refractivity contribution in [2.75, 3.05) is 5.32 Å². The van der Waals surface area contributed by atoms with Gasteiger partial charge in [0.25, 0.3) is 0 Å². The van der Waals surface area contributed by atoms with E-state index < -0.39 is 11.9 Å². The highest BCUT2D eigenvalue weighted by Gasteiger charge is 2.14. The fourth-order valence-corrected chi connectivity index (χ4v) is 1.65. The maximum atomic E-state index is 11.8. The number of amides is 2. The molecule has 0 aromatic heterocycles. The van der Waals surface area contributed by atoms with Gasteiger partial charge in [-0.2, -0.15) is 0 Å². The van der Waals surface area contributed by atoms with Crippen molar-refractivity contribution in [1.29, 1.82) is 0 Å². The largest absolute Gasteiger partial charge is 0.369 e. The maximum Gasteiger partial charge on any atom is 0.241 e. The molecule has 0 radical (unpaired) electrons. The van der Waals surface area contributed by atoms with E-state index in [1.165, 1.54) is 0 Å². The molecular weight excluding hydrogens is 230 g/mol. The zero-order chi connectivity index (χ0) is 13.5. The number of para-hydroxylation sites is 1. The number of carbonyl (C=O) groups excluding carboxylic acids is 2. The molecule has 0 aliphatic heterocycles. The van der Waals surface area contributed by atoms with Gasteiger partial charge in [-0.25, -0.2) is 0 Å². The van der Waals surface area contributed by atoms with Gasteiger partial charge >= 0.3 is 0 Å². The summed E-state index contributed by atoms with van der Waals surface area (Å²) in [4.78, 5) is 22.7.